The fourth-order valence-corrected chi connectivity index (χ4v) is 3.42. The molecule has 0 amide bonds. The Morgan fingerprint density at radius 2 is 2.09 bits per heavy atom. The number of hydrogen-bond donors (Lipinski definition) is 0. The second-order valence-corrected chi connectivity index (χ2v) is 7.10. The van der Waals surface area contributed by atoms with E-state index in [-0.39, 0.29) is 22.4 Å². The van der Waals surface area contributed by atoms with E-state index >= 15 is 0 Å². The molecular formula is C17H22ClNO4. The van der Waals surface area contributed by atoms with Crippen molar-refractivity contribution < 1.29 is 14.5 Å². The van der Waals surface area contributed by atoms with Crippen molar-refractivity contribution in [1.82, 2.24) is 0 Å². The Bertz CT molecular complexity index is 602. The number of carbonyl (C=O) groups excluding carboxylic acids is 1. The van der Waals surface area contributed by atoms with Crippen molar-refractivity contribution in [3.63, 3.8) is 0 Å². The molecule has 0 aromatic heterocycles. The molecule has 0 N–H and O–H groups in total. The molecule has 0 saturated heterocycles. The van der Waals surface area contributed by atoms with Gasteiger partial charge in [0, 0.05) is 6.07 Å². The molecule has 1 fully saturated rings. The van der Waals surface area contributed by atoms with Crippen molar-refractivity contribution in [2.45, 2.75) is 46.1 Å². The Kier molecular flexibility index (Phi) is 5.63. The zero-order valence-electron chi connectivity index (χ0n) is 13.6. The lowest BCUT2D eigenvalue weighted by Crippen LogP contribution is -2.35. The normalized spacial score (nSPS) is 24.5. The zero-order chi connectivity index (χ0) is 17.1. The fraction of sp³-hybridized carbons (Fsp3) is 0.588. The fourth-order valence-electron chi connectivity index (χ4n) is 3.24. The van der Waals surface area contributed by atoms with Gasteiger partial charge in [-0.05, 0) is 42.7 Å². The molecule has 0 spiro atoms. The predicted octanol–water partition coefficient (Wildman–Crippen LogP) is 4.87. The molecule has 0 bridgehead atoms. The monoisotopic (exact) mass is 339 g/mol. The van der Waals surface area contributed by atoms with E-state index < -0.39 is 10.9 Å². The number of nitro benzene ring substituents is 1. The predicted molar refractivity (Wildman–Crippen MR) is 88.7 cm³/mol. The van der Waals surface area contributed by atoms with Gasteiger partial charge >= 0.3 is 5.97 Å². The molecule has 5 nitrogen and oxygen atoms in total. The highest BCUT2D eigenvalue weighted by Gasteiger charge is 2.33. The molecule has 1 aliphatic rings. The minimum Gasteiger partial charge on any atom is -0.458 e. The van der Waals surface area contributed by atoms with E-state index in [4.69, 9.17) is 16.3 Å². The highest BCUT2D eigenvalue weighted by Crippen LogP contribution is 2.36. The molecule has 0 heterocycles. The number of esters is 1. The highest BCUT2D eigenvalue weighted by molar-refractivity contribution is 6.32. The van der Waals surface area contributed by atoms with Gasteiger partial charge < -0.3 is 4.74 Å². The first-order valence-electron chi connectivity index (χ1n) is 7.94. The van der Waals surface area contributed by atoms with Gasteiger partial charge in [-0.3, -0.25) is 10.1 Å². The molecule has 1 aromatic rings. The third-order valence-corrected chi connectivity index (χ3v) is 4.92. The van der Waals surface area contributed by atoms with Gasteiger partial charge in [0.1, 0.15) is 11.1 Å². The molecule has 0 radical (unpaired) electrons. The highest BCUT2D eigenvalue weighted by atomic mass is 35.5. The van der Waals surface area contributed by atoms with Crippen LogP contribution < -0.4 is 0 Å². The summed E-state index contributed by atoms with van der Waals surface area (Å²) in [4.78, 5) is 22.7. The van der Waals surface area contributed by atoms with Crippen LogP contribution in [0.5, 0.6) is 0 Å². The van der Waals surface area contributed by atoms with Gasteiger partial charge in [0.05, 0.1) is 10.5 Å². The van der Waals surface area contributed by atoms with Crippen LogP contribution in [0.25, 0.3) is 0 Å². The molecule has 1 aliphatic carbocycles. The smallest absolute Gasteiger partial charge is 0.338 e. The average molecular weight is 340 g/mol. The lowest BCUT2D eigenvalue weighted by atomic mass is 9.75. The van der Waals surface area contributed by atoms with Crippen LogP contribution in [0.3, 0.4) is 0 Å². The lowest BCUT2D eigenvalue weighted by Gasteiger charge is -2.36. The molecule has 3 atom stereocenters. The quantitative estimate of drug-likeness (QED) is 0.446. The summed E-state index contributed by atoms with van der Waals surface area (Å²) in [6.45, 7) is 6.42. The van der Waals surface area contributed by atoms with Crippen molar-refractivity contribution in [3.05, 3.63) is 38.9 Å². The van der Waals surface area contributed by atoms with Crippen molar-refractivity contribution in [1.29, 1.82) is 0 Å². The summed E-state index contributed by atoms with van der Waals surface area (Å²) < 4.78 is 5.69. The second kappa shape index (κ2) is 7.30. The van der Waals surface area contributed by atoms with Gasteiger partial charge in [-0.1, -0.05) is 38.8 Å². The number of carbonyl (C=O) groups is 1. The summed E-state index contributed by atoms with van der Waals surface area (Å²) >= 11 is 5.78. The first kappa shape index (κ1) is 17.7. The minimum absolute atomic E-state index is 0.0119. The van der Waals surface area contributed by atoms with E-state index in [1.165, 1.54) is 18.2 Å². The summed E-state index contributed by atoms with van der Waals surface area (Å²) in [6, 6.07) is 4.01. The van der Waals surface area contributed by atoms with Crippen molar-refractivity contribution in [2.75, 3.05) is 0 Å². The Balaban J connectivity index is 2.17. The van der Waals surface area contributed by atoms with Gasteiger partial charge in [0.2, 0.25) is 0 Å². The Morgan fingerprint density at radius 3 is 2.70 bits per heavy atom. The molecule has 3 unspecified atom stereocenters. The third-order valence-electron chi connectivity index (χ3n) is 4.60. The molecule has 126 valence electrons. The topological polar surface area (TPSA) is 69.4 Å². The van der Waals surface area contributed by atoms with E-state index in [0.717, 1.165) is 19.3 Å². The van der Waals surface area contributed by atoms with Gasteiger partial charge in [-0.2, -0.15) is 0 Å². The molecule has 1 aromatic carbocycles. The zero-order valence-corrected chi connectivity index (χ0v) is 14.4. The largest absolute Gasteiger partial charge is 0.458 e. The van der Waals surface area contributed by atoms with Crippen LogP contribution in [-0.2, 0) is 4.74 Å². The summed E-state index contributed by atoms with van der Waals surface area (Å²) in [7, 11) is 0. The average Bonchev–Trinajstić information content (AvgIpc) is 2.46. The minimum atomic E-state index is -0.598. The van der Waals surface area contributed by atoms with Crippen LogP contribution in [-0.4, -0.2) is 17.0 Å². The number of nitro groups is 1. The van der Waals surface area contributed by atoms with Crippen LogP contribution in [0.15, 0.2) is 18.2 Å². The van der Waals surface area contributed by atoms with Crippen molar-refractivity contribution in [3.8, 4) is 0 Å². The molecular weight excluding hydrogens is 318 g/mol. The maximum Gasteiger partial charge on any atom is 0.338 e. The lowest BCUT2D eigenvalue weighted by molar-refractivity contribution is -0.384. The number of hydrogen-bond acceptors (Lipinski definition) is 4. The number of halogens is 1. The van der Waals surface area contributed by atoms with Crippen molar-refractivity contribution in [2.24, 2.45) is 17.8 Å². The summed E-state index contributed by atoms with van der Waals surface area (Å²) in [5.74, 6) is 0.758. The van der Waals surface area contributed by atoms with Crippen LogP contribution >= 0.6 is 11.6 Å². The van der Waals surface area contributed by atoms with Gasteiger partial charge in [0.15, 0.2) is 0 Å². The molecule has 1 saturated carbocycles. The Morgan fingerprint density at radius 1 is 1.39 bits per heavy atom. The van der Waals surface area contributed by atoms with E-state index in [1.807, 2.05) is 0 Å². The van der Waals surface area contributed by atoms with Crippen molar-refractivity contribution >= 4 is 23.3 Å². The van der Waals surface area contributed by atoms with E-state index in [0.29, 0.717) is 17.8 Å². The van der Waals surface area contributed by atoms with E-state index in [1.54, 1.807) is 0 Å². The summed E-state index contributed by atoms with van der Waals surface area (Å²) in [5.41, 5.74) is -0.111. The Hall–Kier alpha value is -1.62. The van der Waals surface area contributed by atoms with Gasteiger partial charge in [0.25, 0.3) is 5.69 Å². The van der Waals surface area contributed by atoms with Gasteiger partial charge in [-0.25, -0.2) is 4.79 Å². The number of nitrogens with zero attached hydrogens (tertiary/aromatic N) is 1. The second-order valence-electron chi connectivity index (χ2n) is 6.69. The van der Waals surface area contributed by atoms with Crippen LogP contribution in [0.2, 0.25) is 5.02 Å². The maximum atomic E-state index is 12.4. The molecule has 6 heteroatoms. The van der Waals surface area contributed by atoms with Crippen LogP contribution in [0.1, 0.15) is 50.4 Å². The van der Waals surface area contributed by atoms with Crippen LogP contribution in [0, 0.1) is 27.9 Å². The maximum absolute atomic E-state index is 12.4. The number of benzene rings is 1. The van der Waals surface area contributed by atoms with Gasteiger partial charge in [-0.15, -0.1) is 0 Å². The summed E-state index contributed by atoms with van der Waals surface area (Å²) in [6.07, 6.45) is 2.88. The first-order valence-corrected chi connectivity index (χ1v) is 8.32. The SMILES string of the molecule is CC1CCC(C(C)C)C(OC(=O)c2ccc(Cl)c([N+](=O)[O-])c2)C1. The molecule has 23 heavy (non-hydrogen) atoms. The third kappa shape index (κ3) is 4.22. The van der Waals surface area contributed by atoms with E-state index in [2.05, 4.69) is 20.8 Å². The molecule has 2 rings (SSSR count). The number of ether oxygens (including phenoxy) is 1. The number of rotatable bonds is 4. The standard InChI is InChI=1S/C17H22ClNO4/c1-10(2)13-6-4-11(3)8-16(13)23-17(20)12-5-7-14(18)15(9-12)19(21)22/h5,7,9-11,13,16H,4,6,8H2,1-3H3. The first-order chi connectivity index (χ1) is 10.8. The van der Waals surface area contributed by atoms with Crippen LogP contribution in [0.4, 0.5) is 5.69 Å². The molecule has 0 aliphatic heterocycles. The Labute approximate surface area is 141 Å². The summed E-state index contributed by atoms with van der Waals surface area (Å²) in [5, 5.41) is 11.0. The van der Waals surface area contributed by atoms with E-state index in [9.17, 15) is 14.9 Å².